The van der Waals surface area contributed by atoms with Crippen LogP contribution in [0.5, 0.6) is 0 Å². The number of nitrogens with one attached hydrogen (secondary N) is 1. The summed E-state index contributed by atoms with van der Waals surface area (Å²) in [5, 5.41) is 10.7. The molecule has 0 aromatic heterocycles. The van der Waals surface area contributed by atoms with Crippen LogP contribution in [0.3, 0.4) is 0 Å². The predicted octanol–water partition coefficient (Wildman–Crippen LogP) is -0.0809. The average Bonchev–Trinajstić information content (AvgIpc) is 2.17. The summed E-state index contributed by atoms with van der Waals surface area (Å²) in [5.41, 5.74) is 0. The van der Waals surface area contributed by atoms with E-state index < -0.39 is 11.9 Å². The summed E-state index contributed by atoms with van der Waals surface area (Å²) in [5.74, 6) is -1.73. The molecular formula is C10H18N2O3. The summed E-state index contributed by atoms with van der Waals surface area (Å²) in [6.45, 7) is 2.64. The van der Waals surface area contributed by atoms with Gasteiger partial charge in [-0.3, -0.25) is 4.79 Å². The fourth-order valence-electron chi connectivity index (χ4n) is 1.97. The van der Waals surface area contributed by atoms with Crippen LogP contribution in [0.25, 0.3) is 0 Å². The van der Waals surface area contributed by atoms with E-state index in [0.29, 0.717) is 12.5 Å². The summed E-state index contributed by atoms with van der Waals surface area (Å²) in [6, 6.07) is 0. The number of nitrogens with zero attached hydrogens (tertiary/aromatic N) is 1. The van der Waals surface area contributed by atoms with Crippen molar-refractivity contribution in [2.75, 3.05) is 26.7 Å². The van der Waals surface area contributed by atoms with Gasteiger partial charge in [-0.15, -0.1) is 0 Å². The lowest BCUT2D eigenvalue weighted by atomic mass is 9.95. The van der Waals surface area contributed by atoms with Crippen molar-refractivity contribution in [3.05, 3.63) is 0 Å². The van der Waals surface area contributed by atoms with E-state index in [1.165, 1.54) is 12.8 Å². The fraction of sp³-hybridized carbons (Fsp3) is 0.800. The zero-order valence-electron chi connectivity index (χ0n) is 9.03. The van der Waals surface area contributed by atoms with E-state index in [2.05, 4.69) is 17.3 Å². The van der Waals surface area contributed by atoms with E-state index in [-0.39, 0.29) is 0 Å². The van der Waals surface area contributed by atoms with E-state index in [1.54, 1.807) is 0 Å². The molecule has 1 aliphatic heterocycles. The Morgan fingerprint density at radius 2 is 2.27 bits per heavy atom. The quantitative estimate of drug-likeness (QED) is 0.645. The molecule has 1 fully saturated rings. The minimum absolute atomic E-state index is 0.462. The van der Waals surface area contributed by atoms with Crippen LogP contribution in [0.15, 0.2) is 0 Å². The number of hydrogen-bond acceptors (Lipinski definition) is 3. The molecule has 0 saturated carbocycles. The lowest BCUT2D eigenvalue weighted by molar-refractivity contribution is -0.150. The first-order valence-corrected chi connectivity index (χ1v) is 5.29. The van der Waals surface area contributed by atoms with E-state index in [0.717, 1.165) is 19.5 Å². The molecule has 1 unspecified atom stereocenters. The second-order valence-electron chi connectivity index (χ2n) is 4.12. The van der Waals surface area contributed by atoms with Gasteiger partial charge in [0.15, 0.2) is 0 Å². The SMILES string of the molecule is CN1CCCC(CCNC(=O)C(=O)O)C1. The Morgan fingerprint density at radius 1 is 1.53 bits per heavy atom. The van der Waals surface area contributed by atoms with Crippen LogP contribution in [0, 0.1) is 5.92 Å². The third-order valence-electron chi connectivity index (χ3n) is 2.75. The second-order valence-corrected chi connectivity index (χ2v) is 4.12. The molecular weight excluding hydrogens is 196 g/mol. The van der Waals surface area contributed by atoms with Crippen molar-refractivity contribution in [2.24, 2.45) is 5.92 Å². The Bertz CT molecular complexity index is 243. The van der Waals surface area contributed by atoms with Gasteiger partial charge in [0, 0.05) is 13.1 Å². The van der Waals surface area contributed by atoms with Gasteiger partial charge in [-0.25, -0.2) is 4.79 Å². The van der Waals surface area contributed by atoms with Crippen LogP contribution in [-0.4, -0.2) is 48.6 Å². The van der Waals surface area contributed by atoms with Crippen LogP contribution in [-0.2, 0) is 9.59 Å². The maximum Gasteiger partial charge on any atom is 0.394 e. The first kappa shape index (κ1) is 12.0. The van der Waals surface area contributed by atoms with Crippen LogP contribution in [0.2, 0.25) is 0 Å². The third-order valence-corrected chi connectivity index (χ3v) is 2.75. The average molecular weight is 214 g/mol. The molecule has 0 aromatic carbocycles. The van der Waals surface area contributed by atoms with Crippen molar-refractivity contribution in [3.63, 3.8) is 0 Å². The number of likely N-dealkylation sites (tertiary alicyclic amines) is 1. The highest BCUT2D eigenvalue weighted by molar-refractivity contribution is 6.31. The number of carbonyl (C=O) groups excluding carboxylic acids is 1. The molecule has 1 rings (SSSR count). The first-order chi connectivity index (χ1) is 7.09. The summed E-state index contributed by atoms with van der Waals surface area (Å²) in [7, 11) is 2.09. The molecule has 0 aliphatic carbocycles. The highest BCUT2D eigenvalue weighted by Crippen LogP contribution is 2.17. The Balaban J connectivity index is 2.14. The molecule has 0 radical (unpaired) electrons. The zero-order chi connectivity index (χ0) is 11.3. The lowest BCUT2D eigenvalue weighted by Crippen LogP contribution is -2.36. The summed E-state index contributed by atoms with van der Waals surface area (Å²) in [4.78, 5) is 23.2. The van der Waals surface area contributed by atoms with Crippen molar-refractivity contribution in [2.45, 2.75) is 19.3 Å². The Morgan fingerprint density at radius 3 is 2.87 bits per heavy atom. The molecule has 0 aromatic rings. The van der Waals surface area contributed by atoms with Gasteiger partial charge in [0.05, 0.1) is 0 Å². The lowest BCUT2D eigenvalue weighted by Gasteiger charge is -2.29. The smallest absolute Gasteiger partial charge is 0.394 e. The third kappa shape index (κ3) is 4.29. The Labute approximate surface area is 89.4 Å². The van der Waals surface area contributed by atoms with Gasteiger partial charge in [-0.2, -0.15) is 0 Å². The zero-order valence-corrected chi connectivity index (χ0v) is 9.03. The number of amides is 1. The minimum Gasteiger partial charge on any atom is -0.474 e. The van der Waals surface area contributed by atoms with Crippen molar-refractivity contribution < 1.29 is 14.7 Å². The molecule has 1 aliphatic rings. The molecule has 1 saturated heterocycles. The number of carboxylic acid groups (broad SMARTS) is 1. The molecule has 5 heteroatoms. The molecule has 5 nitrogen and oxygen atoms in total. The van der Waals surface area contributed by atoms with Crippen molar-refractivity contribution in [1.29, 1.82) is 0 Å². The van der Waals surface area contributed by atoms with Gasteiger partial charge in [-0.05, 0) is 38.8 Å². The topological polar surface area (TPSA) is 69.6 Å². The largest absolute Gasteiger partial charge is 0.474 e. The van der Waals surface area contributed by atoms with Crippen molar-refractivity contribution >= 4 is 11.9 Å². The molecule has 0 spiro atoms. The Kier molecular flexibility index (Phi) is 4.55. The van der Waals surface area contributed by atoms with E-state index in [4.69, 9.17) is 5.11 Å². The van der Waals surface area contributed by atoms with Gasteiger partial charge in [0.2, 0.25) is 0 Å². The molecule has 15 heavy (non-hydrogen) atoms. The molecule has 2 N–H and O–H groups in total. The van der Waals surface area contributed by atoms with Crippen molar-refractivity contribution in [3.8, 4) is 0 Å². The second kappa shape index (κ2) is 5.70. The number of carbonyl (C=O) groups is 2. The molecule has 86 valence electrons. The van der Waals surface area contributed by atoms with E-state index in [1.807, 2.05) is 0 Å². The fourth-order valence-corrected chi connectivity index (χ4v) is 1.97. The number of hydrogen-bond donors (Lipinski definition) is 2. The molecule has 1 atom stereocenters. The molecule has 0 bridgehead atoms. The standard InChI is InChI=1S/C10H18N2O3/c1-12-6-2-3-8(7-12)4-5-11-9(13)10(14)15/h8H,2-7H2,1H3,(H,11,13)(H,14,15). The summed E-state index contributed by atoms with van der Waals surface area (Å²) < 4.78 is 0. The van der Waals surface area contributed by atoms with Gasteiger partial charge >= 0.3 is 11.9 Å². The predicted molar refractivity (Wildman–Crippen MR) is 55.5 cm³/mol. The van der Waals surface area contributed by atoms with E-state index >= 15 is 0 Å². The van der Waals surface area contributed by atoms with Gasteiger partial charge < -0.3 is 15.3 Å². The van der Waals surface area contributed by atoms with Crippen LogP contribution in [0.1, 0.15) is 19.3 Å². The number of piperidine rings is 1. The van der Waals surface area contributed by atoms with Crippen molar-refractivity contribution in [1.82, 2.24) is 10.2 Å². The van der Waals surface area contributed by atoms with Crippen LogP contribution >= 0.6 is 0 Å². The van der Waals surface area contributed by atoms with Gasteiger partial charge in [-0.1, -0.05) is 0 Å². The molecule has 1 amide bonds. The molecule has 1 heterocycles. The highest BCUT2D eigenvalue weighted by Gasteiger charge is 2.17. The van der Waals surface area contributed by atoms with Gasteiger partial charge in [0.1, 0.15) is 0 Å². The maximum absolute atomic E-state index is 10.7. The normalized spacial score (nSPS) is 22.3. The van der Waals surface area contributed by atoms with Crippen LogP contribution < -0.4 is 5.32 Å². The van der Waals surface area contributed by atoms with E-state index in [9.17, 15) is 9.59 Å². The monoisotopic (exact) mass is 214 g/mol. The summed E-state index contributed by atoms with van der Waals surface area (Å²) in [6.07, 6.45) is 3.23. The first-order valence-electron chi connectivity index (χ1n) is 5.29. The Hall–Kier alpha value is -1.10. The highest BCUT2D eigenvalue weighted by atomic mass is 16.4. The number of rotatable bonds is 3. The maximum atomic E-state index is 10.7. The summed E-state index contributed by atoms with van der Waals surface area (Å²) >= 11 is 0. The number of aliphatic carboxylic acids is 1. The van der Waals surface area contributed by atoms with Gasteiger partial charge in [0.25, 0.3) is 0 Å². The minimum atomic E-state index is -1.41. The number of carboxylic acids is 1. The van der Waals surface area contributed by atoms with Crippen LogP contribution in [0.4, 0.5) is 0 Å².